The first-order valence-corrected chi connectivity index (χ1v) is 7.50. The Kier molecular flexibility index (Phi) is 4.03. The second-order valence-electron chi connectivity index (χ2n) is 5.27. The van der Waals surface area contributed by atoms with Crippen molar-refractivity contribution >= 4 is 22.8 Å². The minimum Gasteiger partial charge on any atom is -0.494 e. The first kappa shape index (κ1) is 15.7. The largest absolute Gasteiger partial charge is 0.494 e. The van der Waals surface area contributed by atoms with Gasteiger partial charge in [0.15, 0.2) is 5.65 Å². The fraction of sp³-hybridized carbons (Fsp3) is 0.250. The second kappa shape index (κ2) is 6.15. The van der Waals surface area contributed by atoms with Crippen LogP contribution in [0.15, 0.2) is 30.5 Å². The van der Waals surface area contributed by atoms with Crippen molar-refractivity contribution < 1.29 is 9.66 Å². The first-order valence-electron chi connectivity index (χ1n) is 7.50. The maximum atomic E-state index is 11.4. The van der Waals surface area contributed by atoms with Crippen LogP contribution in [0.25, 0.3) is 5.65 Å². The number of anilines is 2. The molecule has 0 radical (unpaired) electrons. The number of hydrogen-bond donors (Lipinski definition) is 1. The molecule has 0 saturated carbocycles. The van der Waals surface area contributed by atoms with Gasteiger partial charge in [-0.05, 0) is 32.9 Å². The van der Waals surface area contributed by atoms with Crippen molar-refractivity contribution in [1.29, 1.82) is 0 Å². The van der Waals surface area contributed by atoms with E-state index in [1.165, 1.54) is 6.07 Å². The molecule has 0 bridgehead atoms. The summed E-state index contributed by atoms with van der Waals surface area (Å²) in [5.74, 6) is 1.11. The average molecular weight is 327 g/mol. The van der Waals surface area contributed by atoms with Crippen LogP contribution in [0, 0.1) is 24.0 Å². The van der Waals surface area contributed by atoms with E-state index in [0.29, 0.717) is 29.5 Å². The van der Waals surface area contributed by atoms with E-state index >= 15 is 0 Å². The fourth-order valence-corrected chi connectivity index (χ4v) is 2.44. The summed E-state index contributed by atoms with van der Waals surface area (Å²) in [5.41, 5.74) is 2.69. The summed E-state index contributed by atoms with van der Waals surface area (Å²) in [6.07, 6.45) is 1.64. The quantitative estimate of drug-likeness (QED) is 0.570. The van der Waals surface area contributed by atoms with Gasteiger partial charge < -0.3 is 10.1 Å². The first-order chi connectivity index (χ1) is 11.5. The number of aryl methyl sites for hydroxylation is 1. The van der Waals surface area contributed by atoms with E-state index in [2.05, 4.69) is 15.4 Å². The number of nitro groups is 1. The van der Waals surface area contributed by atoms with E-state index in [1.807, 2.05) is 20.8 Å². The highest BCUT2D eigenvalue weighted by atomic mass is 16.6. The highest BCUT2D eigenvalue weighted by molar-refractivity contribution is 5.72. The molecule has 3 aromatic rings. The smallest absolute Gasteiger partial charge is 0.296 e. The third kappa shape index (κ3) is 2.73. The molecule has 8 heteroatoms. The van der Waals surface area contributed by atoms with E-state index in [9.17, 15) is 10.1 Å². The zero-order valence-electron chi connectivity index (χ0n) is 13.6. The third-order valence-corrected chi connectivity index (χ3v) is 3.74. The Morgan fingerprint density at radius 2 is 2.12 bits per heavy atom. The van der Waals surface area contributed by atoms with Gasteiger partial charge in [-0.15, -0.1) is 0 Å². The van der Waals surface area contributed by atoms with Crippen molar-refractivity contribution in [2.24, 2.45) is 0 Å². The Balaban J connectivity index is 2.10. The summed E-state index contributed by atoms with van der Waals surface area (Å²) in [6.45, 7) is 6.06. The molecule has 0 atom stereocenters. The topological polar surface area (TPSA) is 94.6 Å². The van der Waals surface area contributed by atoms with Crippen molar-refractivity contribution in [3.63, 3.8) is 0 Å². The van der Waals surface area contributed by atoms with Crippen LogP contribution in [-0.4, -0.2) is 26.1 Å². The van der Waals surface area contributed by atoms with Gasteiger partial charge in [-0.3, -0.25) is 10.1 Å². The summed E-state index contributed by atoms with van der Waals surface area (Å²) >= 11 is 0. The maximum Gasteiger partial charge on any atom is 0.296 e. The fourth-order valence-electron chi connectivity index (χ4n) is 2.44. The Morgan fingerprint density at radius 1 is 1.33 bits per heavy atom. The molecule has 0 fully saturated rings. The number of nitrogens with zero attached hydrogens (tertiary/aromatic N) is 4. The molecule has 0 amide bonds. The van der Waals surface area contributed by atoms with Crippen molar-refractivity contribution in [3.8, 4) is 5.75 Å². The van der Waals surface area contributed by atoms with Gasteiger partial charge in [-0.2, -0.15) is 9.61 Å². The summed E-state index contributed by atoms with van der Waals surface area (Å²) in [7, 11) is 0. The SMILES string of the molecule is CCOc1ccc(Nc2c(C)c(C)nc3ccnn23)c([N+](=O)[O-])c1. The number of nitrogens with one attached hydrogen (secondary N) is 1. The van der Waals surface area contributed by atoms with Gasteiger partial charge in [-0.1, -0.05) is 0 Å². The lowest BCUT2D eigenvalue weighted by atomic mass is 10.2. The molecule has 0 saturated heterocycles. The standard InChI is InChI=1S/C16H17N5O3/c1-4-24-12-5-6-13(14(9-12)21(22)23)19-16-10(2)11(3)18-15-7-8-17-20(15)16/h5-9,19H,4H2,1-3H3. The van der Waals surface area contributed by atoms with E-state index < -0.39 is 4.92 Å². The zero-order valence-corrected chi connectivity index (χ0v) is 13.6. The van der Waals surface area contributed by atoms with Crippen LogP contribution in [0.1, 0.15) is 18.2 Å². The molecular weight excluding hydrogens is 310 g/mol. The Bertz CT molecular complexity index is 919. The number of rotatable bonds is 5. The molecule has 8 nitrogen and oxygen atoms in total. The molecule has 1 N–H and O–H groups in total. The Hall–Kier alpha value is -3.16. The number of aromatic nitrogens is 3. The van der Waals surface area contributed by atoms with Crippen LogP contribution in [0.4, 0.5) is 17.2 Å². The molecule has 2 heterocycles. The molecule has 0 unspecified atom stereocenters. The monoisotopic (exact) mass is 327 g/mol. The molecular formula is C16H17N5O3. The van der Waals surface area contributed by atoms with Crippen molar-refractivity contribution in [2.75, 3.05) is 11.9 Å². The Morgan fingerprint density at radius 3 is 2.83 bits per heavy atom. The number of nitro benzene ring substituents is 1. The minimum atomic E-state index is -0.436. The lowest BCUT2D eigenvalue weighted by Crippen LogP contribution is -2.07. The molecule has 0 spiro atoms. The van der Waals surface area contributed by atoms with Crippen LogP contribution in [0.2, 0.25) is 0 Å². The number of ether oxygens (including phenoxy) is 1. The lowest BCUT2D eigenvalue weighted by molar-refractivity contribution is -0.384. The second-order valence-corrected chi connectivity index (χ2v) is 5.27. The summed E-state index contributed by atoms with van der Waals surface area (Å²) in [5, 5.41) is 18.8. The summed E-state index contributed by atoms with van der Waals surface area (Å²) in [4.78, 5) is 15.4. The van der Waals surface area contributed by atoms with Gasteiger partial charge in [0.05, 0.1) is 23.8 Å². The molecule has 1 aromatic carbocycles. The number of hydrogen-bond acceptors (Lipinski definition) is 6. The zero-order chi connectivity index (χ0) is 17.3. The molecule has 0 aliphatic carbocycles. The van der Waals surface area contributed by atoms with Gasteiger partial charge in [0.25, 0.3) is 5.69 Å². The third-order valence-electron chi connectivity index (χ3n) is 3.74. The molecule has 24 heavy (non-hydrogen) atoms. The van der Waals surface area contributed by atoms with Crippen LogP contribution in [0.5, 0.6) is 5.75 Å². The minimum absolute atomic E-state index is 0.0601. The molecule has 3 rings (SSSR count). The van der Waals surface area contributed by atoms with Crippen LogP contribution < -0.4 is 10.1 Å². The van der Waals surface area contributed by atoms with Crippen molar-refractivity contribution in [2.45, 2.75) is 20.8 Å². The van der Waals surface area contributed by atoms with Gasteiger partial charge in [0.1, 0.15) is 17.3 Å². The average Bonchev–Trinajstić information content (AvgIpc) is 3.00. The van der Waals surface area contributed by atoms with E-state index in [0.717, 1.165) is 11.3 Å². The van der Waals surface area contributed by atoms with Crippen LogP contribution in [-0.2, 0) is 0 Å². The summed E-state index contributed by atoms with van der Waals surface area (Å²) in [6, 6.07) is 6.52. The van der Waals surface area contributed by atoms with E-state index in [-0.39, 0.29) is 5.69 Å². The van der Waals surface area contributed by atoms with Gasteiger partial charge in [0.2, 0.25) is 0 Å². The Labute approximate surface area is 138 Å². The molecule has 0 aliphatic heterocycles. The van der Waals surface area contributed by atoms with Crippen molar-refractivity contribution in [1.82, 2.24) is 14.6 Å². The van der Waals surface area contributed by atoms with Gasteiger partial charge in [-0.25, -0.2) is 4.98 Å². The van der Waals surface area contributed by atoms with E-state index in [4.69, 9.17) is 4.74 Å². The maximum absolute atomic E-state index is 11.4. The van der Waals surface area contributed by atoms with Crippen molar-refractivity contribution in [3.05, 3.63) is 51.8 Å². The molecule has 2 aromatic heterocycles. The molecule has 0 aliphatic rings. The van der Waals surface area contributed by atoms with Gasteiger partial charge in [0, 0.05) is 17.3 Å². The highest BCUT2D eigenvalue weighted by Crippen LogP contribution is 2.32. The van der Waals surface area contributed by atoms with Crippen LogP contribution >= 0.6 is 0 Å². The molecule has 124 valence electrons. The predicted octanol–water partition coefficient (Wildman–Crippen LogP) is 3.40. The highest BCUT2D eigenvalue weighted by Gasteiger charge is 2.18. The van der Waals surface area contributed by atoms with Crippen LogP contribution in [0.3, 0.4) is 0 Å². The van der Waals surface area contributed by atoms with Gasteiger partial charge >= 0.3 is 0 Å². The normalized spacial score (nSPS) is 10.8. The lowest BCUT2D eigenvalue weighted by Gasteiger charge is -2.14. The predicted molar refractivity (Wildman–Crippen MR) is 90.0 cm³/mol. The van der Waals surface area contributed by atoms with E-state index in [1.54, 1.807) is 28.9 Å². The number of fused-ring (bicyclic) bond motifs is 1. The number of benzene rings is 1. The summed E-state index contributed by atoms with van der Waals surface area (Å²) < 4.78 is 6.97.